The highest BCUT2D eigenvalue weighted by atomic mass is 28.4. The molecule has 2 N–H and O–H groups in total. The van der Waals surface area contributed by atoms with Crippen LogP contribution in [0, 0.1) is 0 Å². The van der Waals surface area contributed by atoms with Crippen LogP contribution in [-0.2, 0) is 33.0 Å². The van der Waals surface area contributed by atoms with E-state index in [-0.39, 0.29) is 17.6 Å². The van der Waals surface area contributed by atoms with E-state index in [2.05, 4.69) is 39.2 Å². The molecule has 3 rings (SSSR count). The molecule has 0 unspecified atom stereocenters. The Labute approximate surface area is 222 Å². The fraction of sp³-hybridized carbons (Fsp3) is 0.852. The molecule has 1 amide bonds. The van der Waals surface area contributed by atoms with Crippen LogP contribution in [0.15, 0.2) is 12.2 Å². The quantitative estimate of drug-likeness (QED) is 0.286. The minimum Gasteiger partial charge on any atom is -0.467 e. The Hall–Kier alpha value is -1.30. The molecule has 2 heterocycles. The van der Waals surface area contributed by atoms with Gasteiger partial charge >= 0.3 is 5.97 Å². The zero-order valence-corrected chi connectivity index (χ0v) is 25.0. The van der Waals surface area contributed by atoms with Crippen molar-refractivity contribution < 1.29 is 38.1 Å². The Balaban J connectivity index is 2.13. The van der Waals surface area contributed by atoms with Crippen molar-refractivity contribution in [2.45, 2.75) is 133 Å². The molecule has 37 heavy (non-hydrogen) atoms. The molecule has 5 atom stereocenters. The Kier molecular flexibility index (Phi) is 8.74. The van der Waals surface area contributed by atoms with Crippen molar-refractivity contribution in [2.24, 2.45) is 0 Å². The highest BCUT2D eigenvalue weighted by molar-refractivity contribution is 6.74. The van der Waals surface area contributed by atoms with Crippen molar-refractivity contribution in [1.29, 1.82) is 0 Å². The fourth-order valence-corrected chi connectivity index (χ4v) is 6.61. The number of esters is 1. The molecule has 9 nitrogen and oxygen atoms in total. The van der Waals surface area contributed by atoms with Gasteiger partial charge in [0, 0.05) is 6.92 Å². The number of nitrogens with one attached hydrogen (secondary N) is 1. The van der Waals surface area contributed by atoms with Crippen LogP contribution in [0.25, 0.3) is 0 Å². The van der Waals surface area contributed by atoms with E-state index < -0.39 is 55.6 Å². The van der Waals surface area contributed by atoms with Crippen LogP contribution in [-0.4, -0.2) is 80.4 Å². The van der Waals surface area contributed by atoms with Gasteiger partial charge in [0.2, 0.25) is 11.5 Å². The van der Waals surface area contributed by atoms with E-state index in [0.29, 0.717) is 12.8 Å². The SMILES string of the molecule is COC(=O)[C@@]1(C2(O)CCCCC2)C=C[C@@H](NC(C)=O)[C@H]([C@H](O[Si](C)(C)C(C)(C)C)[C@H]2COC(C)(C)O2)O1. The second-order valence-electron chi connectivity index (χ2n) is 12.7. The zero-order valence-electron chi connectivity index (χ0n) is 24.0. The van der Waals surface area contributed by atoms with E-state index in [1.807, 2.05) is 13.8 Å². The standard InChI is InChI=1S/C27H47NO8Si/c1-18(29)28-19-13-16-27(23(30)32-7,26(31)14-11-10-12-15-26)35-21(19)22(20-17-33-25(5,6)34-20)36-37(8,9)24(2,3)4/h13,16,19-22,31H,10-12,14-15,17H2,1-9H3,(H,28,29)/t19-,20-,21-,22-,27-/m1/s1. The third-order valence-corrected chi connectivity index (χ3v) is 12.9. The number of ether oxygens (including phenoxy) is 4. The molecule has 212 valence electrons. The molecular formula is C27H47NO8Si. The first kappa shape index (κ1) is 30.2. The van der Waals surface area contributed by atoms with Crippen LogP contribution in [0.2, 0.25) is 18.1 Å². The maximum Gasteiger partial charge on any atom is 0.345 e. The van der Waals surface area contributed by atoms with Gasteiger partial charge in [-0.25, -0.2) is 4.79 Å². The number of rotatable bonds is 7. The van der Waals surface area contributed by atoms with Gasteiger partial charge in [0.15, 0.2) is 14.1 Å². The largest absolute Gasteiger partial charge is 0.467 e. The van der Waals surface area contributed by atoms with Gasteiger partial charge in [0.1, 0.15) is 23.9 Å². The summed E-state index contributed by atoms with van der Waals surface area (Å²) in [4.78, 5) is 25.7. The molecule has 1 saturated heterocycles. The summed E-state index contributed by atoms with van der Waals surface area (Å²) in [5.41, 5.74) is -3.20. The first-order valence-electron chi connectivity index (χ1n) is 13.4. The smallest absolute Gasteiger partial charge is 0.345 e. The summed E-state index contributed by atoms with van der Waals surface area (Å²) in [6.07, 6.45) is 4.54. The Bertz CT molecular complexity index is 876. The molecule has 10 heteroatoms. The second kappa shape index (κ2) is 10.7. The van der Waals surface area contributed by atoms with Crippen LogP contribution in [0.5, 0.6) is 0 Å². The van der Waals surface area contributed by atoms with Crippen LogP contribution < -0.4 is 5.32 Å². The van der Waals surface area contributed by atoms with E-state index in [0.717, 1.165) is 19.3 Å². The van der Waals surface area contributed by atoms with Gasteiger partial charge in [-0.05, 0) is 50.9 Å². The number of methoxy groups -OCH3 is 1. The summed E-state index contributed by atoms with van der Waals surface area (Å²) >= 11 is 0. The first-order chi connectivity index (χ1) is 17.0. The minimum absolute atomic E-state index is 0.130. The Morgan fingerprint density at radius 3 is 2.24 bits per heavy atom. The molecule has 0 radical (unpaired) electrons. The highest BCUT2D eigenvalue weighted by Gasteiger charge is 2.62. The predicted octanol–water partition coefficient (Wildman–Crippen LogP) is 3.60. The van der Waals surface area contributed by atoms with Crippen LogP contribution in [0.1, 0.15) is 73.6 Å². The average Bonchev–Trinajstić information content (AvgIpc) is 3.16. The van der Waals surface area contributed by atoms with E-state index in [4.69, 9.17) is 23.4 Å². The fourth-order valence-electron chi connectivity index (χ4n) is 5.29. The molecule has 0 aromatic carbocycles. The van der Waals surface area contributed by atoms with Crippen molar-refractivity contribution in [3.05, 3.63) is 12.2 Å². The summed E-state index contributed by atoms with van der Waals surface area (Å²) in [5, 5.41) is 14.7. The molecule has 0 bridgehead atoms. The molecule has 2 aliphatic heterocycles. The van der Waals surface area contributed by atoms with Gasteiger partial charge in [0.05, 0.1) is 19.8 Å². The van der Waals surface area contributed by atoms with Crippen molar-refractivity contribution in [2.75, 3.05) is 13.7 Å². The molecule has 1 saturated carbocycles. The minimum atomic E-state index is -2.41. The summed E-state index contributed by atoms with van der Waals surface area (Å²) in [5.74, 6) is -1.75. The number of amides is 1. The van der Waals surface area contributed by atoms with E-state index in [1.54, 1.807) is 12.2 Å². The summed E-state index contributed by atoms with van der Waals surface area (Å²) in [6, 6.07) is -0.621. The Morgan fingerprint density at radius 2 is 1.76 bits per heavy atom. The third kappa shape index (κ3) is 6.14. The van der Waals surface area contributed by atoms with Gasteiger partial charge in [-0.1, -0.05) is 46.1 Å². The number of hydrogen-bond acceptors (Lipinski definition) is 8. The van der Waals surface area contributed by atoms with Crippen molar-refractivity contribution in [3.8, 4) is 0 Å². The lowest BCUT2D eigenvalue weighted by Gasteiger charge is -2.52. The van der Waals surface area contributed by atoms with E-state index >= 15 is 0 Å². The molecule has 3 aliphatic rings. The molecule has 0 spiro atoms. The van der Waals surface area contributed by atoms with Crippen LogP contribution in [0.4, 0.5) is 0 Å². The zero-order chi connectivity index (χ0) is 27.9. The number of hydrogen-bond donors (Lipinski definition) is 2. The maximum atomic E-state index is 13.4. The molecule has 2 fully saturated rings. The van der Waals surface area contributed by atoms with Crippen molar-refractivity contribution >= 4 is 20.2 Å². The van der Waals surface area contributed by atoms with Crippen molar-refractivity contribution in [3.63, 3.8) is 0 Å². The summed E-state index contributed by atoms with van der Waals surface area (Å²) in [7, 11) is -1.11. The number of carbonyl (C=O) groups excluding carboxylic acids is 2. The van der Waals surface area contributed by atoms with Crippen molar-refractivity contribution in [1.82, 2.24) is 5.32 Å². The summed E-state index contributed by atoms with van der Waals surface area (Å²) < 4.78 is 31.1. The molecular weight excluding hydrogens is 494 g/mol. The topological polar surface area (TPSA) is 113 Å². The summed E-state index contributed by atoms with van der Waals surface area (Å²) in [6.45, 7) is 16.1. The van der Waals surface area contributed by atoms with E-state index in [9.17, 15) is 14.7 Å². The second-order valence-corrected chi connectivity index (χ2v) is 17.5. The van der Waals surface area contributed by atoms with Gasteiger partial charge in [-0.3, -0.25) is 4.79 Å². The highest BCUT2D eigenvalue weighted by Crippen LogP contribution is 2.46. The first-order valence-corrected chi connectivity index (χ1v) is 16.3. The monoisotopic (exact) mass is 541 g/mol. The lowest BCUT2D eigenvalue weighted by molar-refractivity contribution is -0.238. The number of aliphatic hydroxyl groups is 1. The van der Waals surface area contributed by atoms with Gasteiger partial charge in [0.25, 0.3) is 0 Å². The molecule has 1 aliphatic carbocycles. The molecule has 0 aromatic rings. The van der Waals surface area contributed by atoms with Gasteiger partial charge in [-0.2, -0.15) is 0 Å². The third-order valence-electron chi connectivity index (χ3n) is 8.40. The van der Waals surface area contributed by atoms with Gasteiger partial charge in [-0.15, -0.1) is 0 Å². The van der Waals surface area contributed by atoms with Gasteiger partial charge < -0.3 is 33.8 Å². The predicted molar refractivity (Wildman–Crippen MR) is 141 cm³/mol. The van der Waals surface area contributed by atoms with Crippen LogP contribution in [0.3, 0.4) is 0 Å². The van der Waals surface area contributed by atoms with E-state index in [1.165, 1.54) is 14.0 Å². The van der Waals surface area contributed by atoms with Crippen LogP contribution >= 0.6 is 0 Å². The lowest BCUT2D eigenvalue weighted by atomic mass is 9.70. The lowest BCUT2D eigenvalue weighted by Crippen LogP contribution is -2.69. The normalized spacial score (nSPS) is 32.5. The molecule has 0 aromatic heterocycles. The number of carbonyl (C=O) groups is 2. The maximum absolute atomic E-state index is 13.4. The Morgan fingerprint density at radius 1 is 1.14 bits per heavy atom. The average molecular weight is 542 g/mol.